The zero-order chi connectivity index (χ0) is 23.3. The van der Waals surface area contributed by atoms with Crippen molar-refractivity contribution < 1.29 is 33.3 Å². The summed E-state index contributed by atoms with van der Waals surface area (Å²) in [4.78, 5) is 23.9. The van der Waals surface area contributed by atoms with Crippen molar-refractivity contribution in [3.8, 4) is 0 Å². The van der Waals surface area contributed by atoms with Gasteiger partial charge in [-0.3, -0.25) is 9.59 Å². The first-order valence-electron chi connectivity index (χ1n) is 11.0. The normalized spacial score (nSPS) is 27.6. The van der Waals surface area contributed by atoms with Crippen LogP contribution in [0.15, 0.2) is 42.1 Å². The molecular formula is C24H33NO7. The lowest BCUT2D eigenvalue weighted by Crippen LogP contribution is -2.49. The molecule has 0 bridgehead atoms. The Morgan fingerprint density at radius 2 is 1.91 bits per heavy atom. The van der Waals surface area contributed by atoms with Crippen molar-refractivity contribution >= 4 is 11.8 Å². The molecule has 2 aliphatic rings. The van der Waals surface area contributed by atoms with Gasteiger partial charge in [-0.15, -0.1) is 0 Å². The first kappa shape index (κ1) is 24.4. The second-order valence-electron chi connectivity index (χ2n) is 8.53. The monoisotopic (exact) mass is 447 g/mol. The molecule has 8 heteroatoms. The number of carbonyl (C=O) groups is 2. The van der Waals surface area contributed by atoms with Crippen molar-refractivity contribution in [3.63, 3.8) is 0 Å². The van der Waals surface area contributed by atoms with Crippen molar-refractivity contribution in [2.45, 2.75) is 84.1 Å². The number of hydrogen-bond acceptors (Lipinski definition) is 8. The molecule has 2 saturated heterocycles. The third-order valence-corrected chi connectivity index (χ3v) is 5.23. The first-order chi connectivity index (χ1) is 15.2. The average molecular weight is 448 g/mol. The fraction of sp³-hybridized carbons (Fsp3) is 0.583. The molecule has 8 nitrogen and oxygen atoms in total. The zero-order valence-electron chi connectivity index (χ0n) is 19.3. The van der Waals surface area contributed by atoms with E-state index in [2.05, 4.69) is 5.32 Å². The fourth-order valence-electron chi connectivity index (χ4n) is 4.07. The number of ketones is 1. The van der Waals surface area contributed by atoms with Crippen LogP contribution in [0.5, 0.6) is 0 Å². The number of allylic oxidation sites excluding steroid dienone is 2. The average Bonchev–Trinajstić information content (AvgIpc) is 3.18. The predicted molar refractivity (Wildman–Crippen MR) is 116 cm³/mol. The van der Waals surface area contributed by atoms with Gasteiger partial charge in [0, 0.05) is 5.70 Å². The summed E-state index contributed by atoms with van der Waals surface area (Å²) in [5.74, 6) is -1.27. The topological polar surface area (TPSA) is 92.3 Å². The van der Waals surface area contributed by atoms with E-state index in [-0.39, 0.29) is 24.8 Å². The summed E-state index contributed by atoms with van der Waals surface area (Å²) >= 11 is 0. The molecular weight excluding hydrogens is 414 g/mol. The molecule has 2 fully saturated rings. The van der Waals surface area contributed by atoms with Gasteiger partial charge in [-0.2, -0.15) is 0 Å². The van der Waals surface area contributed by atoms with Crippen LogP contribution < -0.4 is 5.32 Å². The van der Waals surface area contributed by atoms with E-state index in [0.29, 0.717) is 12.3 Å². The van der Waals surface area contributed by atoms with Gasteiger partial charge in [-0.25, -0.2) is 0 Å². The summed E-state index contributed by atoms with van der Waals surface area (Å²) in [5.41, 5.74) is 1.63. The summed E-state index contributed by atoms with van der Waals surface area (Å²) in [6.07, 6.45) is -0.635. The Labute approximate surface area is 189 Å². The van der Waals surface area contributed by atoms with Crippen molar-refractivity contribution in [1.82, 2.24) is 5.32 Å². The third-order valence-electron chi connectivity index (χ3n) is 5.23. The van der Waals surface area contributed by atoms with Gasteiger partial charge in [-0.1, -0.05) is 30.3 Å². The van der Waals surface area contributed by atoms with Gasteiger partial charge >= 0.3 is 5.97 Å². The van der Waals surface area contributed by atoms with E-state index in [9.17, 15) is 9.59 Å². The Kier molecular flexibility index (Phi) is 8.05. The van der Waals surface area contributed by atoms with Crippen molar-refractivity contribution in [2.24, 2.45) is 0 Å². The molecule has 3 rings (SSSR count). The van der Waals surface area contributed by atoms with Crippen LogP contribution in [0.2, 0.25) is 0 Å². The van der Waals surface area contributed by atoms with Gasteiger partial charge in [0.05, 0.1) is 25.7 Å². The van der Waals surface area contributed by atoms with Crippen LogP contribution in [-0.2, 0) is 39.9 Å². The molecule has 1 N–H and O–H groups in total. The summed E-state index contributed by atoms with van der Waals surface area (Å²) in [6.45, 7) is 9.28. The first-order valence-corrected chi connectivity index (χ1v) is 11.0. The summed E-state index contributed by atoms with van der Waals surface area (Å²) in [6, 6.07) is 9.29. The number of ether oxygens (including phenoxy) is 5. The maximum Gasteiger partial charge on any atom is 0.307 e. The van der Waals surface area contributed by atoms with Crippen LogP contribution in [0.1, 0.15) is 46.6 Å². The molecule has 1 aromatic rings. The maximum absolute atomic E-state index is 12.3. The third kappa shape index (κ3) is 6.38. The SMILES string of the molecule is CCOC(=O)CC(N/C(C)=C/C(C)=O)C1O[C@@H]2OC(C)(C)O[C@@H]2[C@H]1OCc1ccccc1. The van der Waals surface area contributed by atoms with E-state index in [0.717, 1.165) is 5.56 Å². The van der Waals surface area contributed by atoms with Gasteiger partial charge in [0.2, 0.25) is 0 Å². The Bertz CT molecular complexity index is 823. The van der Waals surface area contributed by atoms with Gasteiger partial charge in [0.25, 0.3) is 0 Å². The minimum Gasteiger partial charge on any atom is -0.466 e. The van der Waals surface area contributed by atoms with Gasteiger partial charge in [-0.05, 0) is 46.3 Å². The summed E-state index contributed by atoms with van der Waals surface area (Å²) < 4.78 is 29.7. The molecule has 5 atom stereocenters. The number of carbonyl (C=O) groups excluding carboxylic acids is 2. The second kappa shape index (κ2) is 10.6. The van der Waals surface area contributed by atoms with E-state index in [1.807, 2.05) is 44.2 Å². The van der Waals surface area contributed by atoms with Crippen molar-refractivity contribution in [3.05, 3.63) is 47.7 Å². The molecule has 0 aliphatic carbocycles. The lowest BCUT2D eigenvalue weighted by Gasteiger charge is -2.32. The molecule has 32 heavy (non-hydrogen) atoms. The minimum absolute atomic E-state index is 0.0373. The van der Waals surface area contributed by atoms with Gasteiger partial charge in [0.15, 0.2) is 17.9 Å². The molecule has 2 aliphatic heterocycles. The molecule has 0 radical (unpaired) electrons. The molecule has 0 saturated carbocycles. The predicted octanol–water partition coefficient (Wildman–Crippen LogP) is 2.85. The maximum atomic E-state index is 12.3. The Morgan fingerprint density at radius 1 is 1.19 bits per heavy atom. The lowest BCUT2D eigenvalue weighted by atomic mass is 10.00. The molecule has 0 spiro atoms. The Hall–Kier alpha value is -2.26. The Morgan fingerprint density at radius 3 is 2.56 bits per heavy atom. The zero-order valence-corrected chi connectivity index (χ0v) is 19.3. The second-order valence-corrected chi connectivity index (χ2v) is 8.53. The molecule has 0 amide bonds. The van der Waals surface area contributed by atoms with E-state index >= 15 is 0 Å². The highest BCUT2D eigenvalue weighted by atomic mass is 16.8. The van der Waals surface area contributed by atoms with Crippen molar-refractivity contribution in [1.29, 1.82) is 0 Å². The van der Waals surface area contributed by atoms with Crippen LogP contribution in [0.4, 0.5) is 0 Å². The minimum atomic E-state index is -0.802. The highest BCUT2D eigenvalue weighted by molar-refractivity contribution is 5.87. The van der Waals surface area contributed by atoms with Crippen LogP contribution in [0, 0.1) is 0 Å². The fourth-order valence-corrected chi connectivity index (χ4v) is 4.07. The van der Waals surface area contributed by atoms with E-state index in [1.165, 1.54) is 13.0 Å². The van der Waals surface area contributed by atoms with E-state index < -0.39 is 36.4 Å². The number of esters is 1. The van der Waals surface area contributed by atoms with Crippen LogP contribution in [-0.4, -0.2) is 54.8 Å². The molecule has 176 valence electrons. The largest absolute Gasteiger partial charge is 0.466 e. The molecule has 0 aromatic heterocycles. The lowest BCUT2D eigenvalue weighted by molar-refractivity contribution is -0.222. The van der Waals surface area contributed by atoms with Gasteiger partial charge in [0.1, 0.15) is 18.3 Å². The van der Waals surface area contributed by atoms with E-state index in [1.54, 1.807) is 13.8 Å². The number of nitrogens with one attached hydrogen (secondary N) is 1. The van der Waals surface area contributed by atoms with Crippen LogP contribution >= 0.6 is 0 Å². The smallest absolute Gasteiger partial charge is 0.307 e. The van der Waals surface area contributed by atoms with Crippen LogP contribution in [0.25, 0.3) is 0 Å². The number of fused-ring (bicyclic) bond motifs is 1. The molecule has 2 heterocycles. The highest BCUT2D eigenvalue weighted by Gasteiger charge is 2.57. The summed E-state index contributed by atoms with van der Waals surface area (Å²) in [5, 5.41) is 3.24. The van der Waals surface area contributed by atoms with Gasteiger partial charge < -0.3 is 29.0 Å². The molecule has 2 unspecified atom stereocenters. The summed E-state index contributed by atoms with van der Waals surface area (Å²) in [7, 11) is 0. The number of hydrogen-bond donors (Lipinski definition) is 1. The van der Waals surface area contributed by atoms with Crippen LogP contribution in [0.3, 0.4) is 0 Å². The van der Waals surface area contributed by atoms with Crippen molar-refractivity contribution in [2.75, 3.05) is 6.61 Å². The number of rotatable bonds is 10. The quantitative estimate of drug-likeness (QED) is 0.432. The van der Waals surface area contributed by atoms with E-state index in [4.69, 9.17) is 23.7 Å². The highest BCUT2D eigenvalue weighted by Crippen LogP contribution is 2.40. The number of benzene rings is 1. The molecule has 1 aromatic carbocycles. The Balaban J connectivity index is 1.83. The standard InChI is InChI=1S/C24H33NO7/c1-6-28-19(27)13-18(25-15(2)12-16(3)26)20-21(29-14-17-10-8-7-9-11-17)22-23(30-20)32-24(4,5)31-22/h7-12,18,20-23,25H,6,13-14H2,1-5H3/b15-12+/t18?,20?,21-,22+,23+/m0/s1.